The Bertz CT molecular complexity index is 568. The van der Waals surface area contributed by atoms with E-state index in [0.29, 0.717) is 10.7 Å². The van der Waals surface area contributed by atoms with Crippen LogP contribution in [0.4, 0.5) is 0 Å². The Labute approximate surface area is 107 Å². The first-order chi connectivity index (χ1) is 8.11. The van der Waals surface area contributed by atoms with Gasteiger partial charge in [-0.2, -0.15) is 5.10 Å². The molecule has 1 aromatic carbocycles. The lowest BCUT2D eigenvalue weighted by Gasteiger charge is -2.04. The van der Waals surface area contributed by atoms with Crippen molar-refractivity contribution >= 4 is 29.3 Å². The Morgan fingerprint density at radius 1 is 1.47 bits per heavy atom. The van der Waals surface area contributed by atoms with Crippen LogP contribution >= 0.6 is 23.4 Å². The van der Waals surface area contributed by atoms with E-state index in [2.05, 4.69) is 10.2 Å². The smallest absolute Gasteiger partial charge is 0.353 e. The summed E-state index contributed by atoms with van der Waals surface area (Å²) in [6.07, 6.45) is 1.94. The van der Waals surface area contributed by atoms with E-state index in [1.54, 1.807) is 23.9 Å². The average Bonchev–Trinajstić information content (AvgIpc) is 2.78. The first kappa shape index (κ1) is 12.0. The number of nitrogens with one attached hydrogen (secondary N) is 1. The molecular formula is C11H9ClN2O2S. The van der Waals surface area contributed by atoms with E-state index in [1.807, 2.05) is 12.3 Å². The van der Waals surface area contributed by atoms with Crippen molar-refractivity contribution in [3.63, 3.8) is 0 Å². The summed E-state index contributed by atoms with van der Waals surface area (Å²) in [5, 5.41) is 15.9. The van der Waals surface area contributed by atoms with E-state index >= 15 is 0 Å². The molecule has 2 aromatic rings. The van der Waals surface area contributed by atoms with E-state index in [9.17, 15) is 4.79 Å². The van der Waals surface area contributed by atoms with E-state index < -0.39 is 5.97 Å². The number of aromatic nitrogens is 2. The van der Waals surface area contributed by atoms with E-state index in [4.69, 9.17) is 16.7 Å². The Hall–Kier alpha value is -1.46. The Kier molecular flexibility index (Phi) is 3.40. The number of aromatic carboxylic acids is 1. The van der Waals surface area contributed by atoms with Crippen molar-refractivity contribution < 1.29 is 9.90 Å². The zero-order valence-corrected chi connectivity index (χ0v) is 10.5. The summed E-state index contributed by atoms with van der Waals surface area (Å²) >= 11 is 7.49. The number of hydrogen-bond donors (Lipinski definition) is 2. The summed E-state index contributed by atoms with van der Waals surface area (Å²) in [5.41, 5.74) is 1.47. The maximum Gasteiger partial charge on any atom is 0.353 e. The molecule has 2 rings (SSSR count). The van der Waals surface area contributed by atoms with Crippen molar-refractivity contribution in [2.75, 3.05) is 6.26 Å². The molecule has 2 N–H and O–H groups in total. The number of carboxylic acids is 1. The van der Waals surface area contributed by atoms with Gasteiger partial charge in [0.15, 0.2) is 0 Å². The van der Waals surface area contributed by atoms with Crippen LogP contribution in [0.5, 0.6) is 0 Å². The normalized spacial score (nSPS) is 10.5. The quantitative estimate of drug-likeness (QED) is 0.839. The molecule has 0 bridgehead atoms. The van der Waals surface area contributed by atoms with Crippen molar-refractivity contribution in [1.29, 1.82) is 0 Å². The lowest BCUT2D eigenvalue weighted by Crippen LogP contribution is -1.95. The van der Waals surface area contributed by atoms with Gasteiger partial charge in [0.2, 0.25) is 0 Å². The van der Waals surface area contributed by atoms with Gasteiger partial charge >= 0.3 is 5.97 Å². The Balaban J connectivity index is 2.51. The molecule has 1 aromatic heterocycles. The molecule has 0 aliphatic carbocycles. The van der Waals surface area contributed by atoms with Crippen molar-refractivity contribution in [2.24, 2.45) is 0 Å². The molecule has 17 heavy (non-hydrogen) atoms. The van der Waals surface area contributed by atoms with Crippen LogP contribution < -0.4 is 0 Å². The topological polar surface area (TPSA) is 66.0 Å². The Morgan fingerprint density at radius 2 is 2.24 bits per heavy atom. The minimum Gasteiger partial charge on any atom is -0.477 e. The molecule has 0 unspecified atom stereocenters. The van der Waals surface area contributed by atoms with Crippen molar-refractivity contribution in [3.05, 3.63) is 35.0 Å². The van der Waals surface area contributed by atoms with Gasteiger partial charge in [0.1, 0.15) is 5.69 Å². The largest absolute Gasteiger partial charge is 0.477 e. The molecule has 0 saturated carbocycles. The summed E-state index contributed by atoms with van der Waals surface area (Å²) < 4.78 is 0. The van der Waals surface area contributed by atoms with Gasteiger partial charge in [-0.25, -0.2) is 4.79 Å². The number of nitrogens with zero attached hydrogens (tertiary/aromatic N) is 1. The molecule has 0 radical (unpaired) electrons. The number of rotatable bonds is 3. The van der Waals surface area contributed by atoms with Crippen LogP contribution in [0.15, 0.2) is 29.2 Å². The number of H-pyrrole nitrogens is 1. The van der Waals surface area contributed by atoms with Crippen LogP contribution in [0.2, 0.25) is 5.02 Å². The first-order valence-corrected chi connectivity index (χ1v) is 6.34. The van der Waals surface area contributed by atoms with Gasteiger partial charge in [0.25, 0.3) is 0 Å². The first-order valence-electron chi connectivity index (χ1n) is 4.74. The van der Waals surface area contributed by atoms with Crippen LogP contribution in [-0.4, -0.2) is 27.5 Å². The maximum atomic E-state index is 10.8. The van der Waals surface area contributed by atoms with Crippen molar-refractivity contribution in [2.45, 2.75) is 4.90 Å². The van der Waals surface area contributed by atoms with Gasteiger partial charge in [-0.1, -0.05) is 11.6 Å². The average molecular weight is 269 g/mol. The van der Waals surface area contributed by atoms with Crippen LogP contribution in [0.3, 0.4) is 0 Å². The van der Waals surface area contributed by atoms with Crippen LogP contribution in [0, 0.1) is 0 Å². The summed E-state index contributed by atoms with van der Waals surface area (Å²) in [5.74, 6) is -1.03. The third kappa shape index (κ3) is 2.45. The zero-order valence-electron chi connectivity index (χ0n) is 8.90. The highest BCUT2D eigenvalue weighted by molar-refractivity contribution is 7.98. The fraction of sp³-hybridized carbons (Fsp3) is 0.0909. The van der Waals surface area contributed by atoms with E-state index in [-0.39, 0.29) is 5.69 Å². The number of halogens is 1. The van der Waals surface area contributed by atoms with Gasteiger partial charge < -0.3 is 5.11 Å². The van der Waals surface area contributed by atoms with E-state index in [0.717, 1.165) is 10.5 Å². The molecule has 0 aliphatic heterocycles. The number of hydrogen-bond acceptors (Lipinski definition) is 3. The molecule has 0 fully saturated rings. The third-order valence-corrected chi connectivity index (χ3v) is 3.28. The molecule has 6 heteroatoms. The zero-order chi connectivity index (χ0) is 12.4. The highest BCUT2D eigenvalue weighted by atomic mass is 35.5. The lowest BCUT2D eigenvalue weighted by molar-refractivity contribution is 0.0690. The van der Waals surface area contributed by atoms with Gasteiger partial charge in [-0.3, -0.25) is 5.10 Å². The predicted octanol–water partition coefficient (Wildman–Crippen LogP) is 3.15. The standard InChI is InChI=1S/C11H9ClN2O2S/c1-17-10-3-2-6(12)4-7(10)8-5-9(11(15)16)14-13-8/h2-5H,1H3,(H,13,14)(H,15,16). The number of carboxylic acid groups (broad SMARTS) is 1. The van der Waals surface area contributed by atoms with Gasteiger partial charge in [-0.15, -0.1) is 11.8 Å². The minimum atomic E-state index is -1.03. The highest BCUT2D eigenvalue weighted by Gasteiger charge is 2.12. The second-order valence-corrected chi connectivity index (χ2v) is 4.60. The fourth-order valence-electron chi connectivity index (χ4n) is 1.45. The lowest BCUT2D eigenvalue weighted by atomic mass is 10.1. The summed E-state index contributed by atoms with van der Waals surface area (Å²) in [4.78, 5) is 11.8. The number of thioether (sulfide) groups is 1. The molecule has 4 nitrogen and oxygen atoms in total. The molecule has 0 atom stereocenters. The van der Waals surface area contributed by atoms with Gasteiger partial charge in [0, 0.05) is 15.5 Å². The molecule has 0 saturated heterocycles. The number of benzene rings is 1. The summed E-state index contributed by atoms with van der Waals surface area (Å²) in [7, 11) is 0. The molecule has 0 aliphatic rings. The number of carbonyl (C=O) groups is 1. The molecular weight excluding hydrogens is 260 g/mol. The Morgan fingerprint density at radius 3 is 2.82 bits per heavy atom. The summed E-state index contributed by atoms with van der Waals surface area (Å²) in [6, 6.07) is 6.95. The van der Waals surface area contributed by atoms with Gasteiger partial charge in [-0.05, 0) is 30.5 Å². The molecule has 1 heterocycles. The van der Waals surface area contributed by atoms with Crippen LogP contribution in [0.25, 0.3) is 11.3 Å². The monoisotopic (exact) mass is 268 g/mol. The SMILES string of the molecule is CSc1ccc(Cl)cc1-c1cc(C(=O)O)[nH]n1. The predicted molar refractivity (Wildman–Crippen MR) is 67.8 cm³/mol. The van der Waals surface area contributed by atoms with Crippen LogP contribution in [0.1, 0.15) is 10.5 Å². The van der Waals surface area contributed by atoms with Crippen LogP contribution in [-0.2, 0) is 0 Å². The second kappa shape index (κ2) is 4.81. The van der Waals surface area contributed by atoms with Crippen molar-refractivity contribution in [1.82, 2.24) is 10.2 Å². The summed E-state index contributed by atoms with van der Waals surface area (Å²) in [6.45, 7) is 0. The maximum absolute atomic E-state index is 10.8. The third-order valence-electron chi connectivity index (χ3n) is 2.25. The highest BCUT2D eigenvalue weighted by Crippen LogP contribution is 2.31. The minimum absolute atomic E-state index is 0.0621. The molecule has 0 amide bonds. The number of aromatic amines is 1. The molecule has 88 valence electrons. The second-order valence-electron chi connectivity index (χ2n) is 3.32. The fourth-order valence-corrected chi connectivity index (χ4v) is 2.21. The molecule has 0 spiro atoms. The van der Waals surface area contributed by atoms with E-state index in [1.165, 1.54) is 6.07 Å². The van der Waals surface area contributed by atoms with Gasteiger partial charge in [0.05, 0.1) is 5.69 Å². The van der Waals surface area contributed by atoms with Crippen molar-refractivity contribution in [3.8, 4) is 11.3 Å².